The Hall–Kier alpha value is -3.41. The molecule has 2 aromatic rings. The number of fused-ring (bicyclic) bond motifs is 1. The second kappa shape index (κ2) is 9.09. The highest BCUT2D eigenvalue weighted by atomic mass is 16.2. The number of urea groups is 1. The Morgan fingerprint density at radius 1 is 1.06 bits per heavy atom. The van der Waals surface area contributed by atoms with Gasteiger partial charge in [-0.05, 0) is 80.0 Å². The molecule has 0 radical (unpaired) electrons. The smallest absolute Gasteiger partial charge is 0.335 e. The molecule has 2 aromatic carbocycles. The molecule has 1 N–H and O–H groups in total. The number of nitrogens with one attached hydrogen (secondary N) is 1. The summed E-state index contributed by atoms with van der Waals surface area (Å²) in [6, 6.07) is 12.7. The van der Waals surface area contributed by atoms with E-state index in [9.17, 15) is 14.4 Å². The number of imide groups is 2. The molecule has 0 bridgehead atoms. The predicted octanol–water partition coefficient (Wildman–Crippen LogP) is 5.42. The summed E-state index contributed by atoms with van der Waals surface area (Å²) >= 11 is 0. The lowest BCUT2D eigenvalue weighted by molar-refractivity contribution is -0.122. The van der Waals surface area contributed by atoms with E-state index in [4.69, 9.17) is 0 Å². The molecule has 0 aromatic heterocycles. The van der Waals surface area contributed by atoms with Crippen LogP contribution >= 0.6 is 0 Å². The van der Waals surface area contributed by atoms with Gasteiger partial charge in [-0.3, -0.25) is 14.9 Å². The summed E-state index contributed by atoms with van der Waals surface area (Å²) < 4.78 is 0. The Morgan fingerprint density at radius 3 is 2.50 bits per heavy atom. The van der Waals surface area contributed by atoms with Gasteiger partial charge in [-0.15, -0.1) is 0 Å². The molecule has 0 spiro atoms. The van der Waals surface area contributed by atoms with Gasteiger partial charge in [0.05, 0.1) is 5.69 Å². The maximum absolute atomic E-state index is 13.4. The summed E-state index contributed by atoms with van der Waals surface area (Å²) in [6.07, 6.45) is 4.34. The number of benzene rings is 2. The molecular formula is C28H33N3O3. The third-order valence-corrected chi connectivity index (χ3v) is 6.88. The first-order valence-corrected chi connectivity index (χ1v) is 12.1. The van der Waals surface area contributed by atoms with E-state index in [-0.39, 0.29) is 11.1 Å². The minimum atomic E-state index is -0.718. The highest BCUT2D eigenvalue weighted by Gasteiger charge is 2.38. The number of hydrogen-bond donors (Lipinski definition) is 1. The fourth-order valence-electron chi connectivity index (χ4n) is 5.32. The number of barbiturate groups is 1. The van der Waals surface area contributed by atoms with Crippen molar-refractivity contribution in [1.29, 1.82) is 0 Å². The minimum absolute atomic E-state index is 0.0420. The molecular weight excluding hydrogens is 426 g/mol. The van der Waals surface area contributed by atoms with E-state index in [0.717, 1.165) is 35.4 Å². The number of hydrogen-bond acceptors (Lipinski definition) is 4. The number of para-hydroxylation sites is 1. The molecule has 1 fully saturated rings. The Kier molecular flexibility index (Phi) is 6.34. The highest BCUT2D eigenvalue weighted by molar-refractivity contribution is 6.39. The van der Waals surface area contributed by atoms with Crippen LogP contribution in [-0.4, -0.2) is 29.9 Å². The van der Waals surface area contributed by atoms with Crippen LogP contribution in [0.1, 0.15) is 70.1 Å². The van der Waals surface area contributed by atoms with Crippen molar-refractivity contribution >= 4 is 35.3 Å². The first-order valence-electron chi connectivity index (χ1n) is 12.1. The fourth-order valence-corrected chi connectivity index (χ4v) is 5.32. The average Bonchev–Trinajstić information content (AvgIpc) is 2.79. The van der Waals surface area contributed by atoms with Gasteiger partial charge in [-0.1, -0.05) is 45.0 Å². The molecule has 6 nitrogen and oxygen atoms in total. The van der Waals surface area contributed by atoms with E-state index in [2.05, 4.69) is 50.0 Å². The van der Waals surface area contributed by atoms with Crippen LogP contribution < -0.4 is 15.1 Å². The molecule has 4 amide bonds. The van der Waals surface area contributed by atoms with Crippen molar-refractivity contribution in [2.45, 2.75) is 65.3 Å². The number of aryl methyl sites for hydroxylation is 1. The summed E-state index contributed by atoms with van der Waals surface area (Å²) in [4.78, 5) is 42.2. The Labute approximate surface area is 201 Å². The van der Waals surface area contributed by atoms with Gasteiger partial charge in [0, 0.05) is 17.8 Å². The summed E-state index contributed by atoms with van der Waals surface area (Å²) in [5.41, 5.74) is 4.59. The number of amides is 4. The van der Waals surface area contributed by atoms with Crippen molar-refractivity contribution in [3.63, 3.8) is 0 Å². The van der Waals surface area contributed by atoms with Crippen molar-refractivity contribution in [3.8, 4) is 0 Å². The molecule has 0 saturated carbocycles. The van der Waals surface area contributed by atoms with Gasteiger partial charge in [0.15, 0.2) is 0 Å². The second-order valence-corrected chi connectivity index (χ2v) is 9.83. The van der Waals surface area contributed by atoms with E-state index < -0.39 is 17.8 Å². The predicted molar refractivity (Wildman–Crippen MR) is 136 cm³/mol. The Morgan fingerprint density at radius 2 is 1.79 bits per heavy atom. The Balaban J connectivity index is 1.74. The third kappa shape index (κ3) is 4.13. The topological polar surface area (TPSA) is 69.7 Å². The van der Waals surface area contributed by atoms with Gasteiger partial charge in [-0.2, -0.15) is 0 Å². The maximum atomic E-state index is 13.4. The summed E-state index contributed by atoms with van der Waals surface area (Å²) in [5.74, 6) is -0.921. The van der Waals surface area contributed by atoms with E-state index in [1.165, 1.54) is 11.3 Å². The van der Waals surface area contributed by atoms with Gasteiger partial charge in [0.2, 0.25) is 0 Å². The molecule has 1 unspecified atom stereocenters. The number of carbonyl (C=O) groups excluding carboxylic acids is 3. The summed E-state index contributed by atoms with van der Waals surface area (Å²) in [5, 5.41) is 2.34. The zero-order valence-corrected chi connectivity index (χ0v) is 20.6. The maximum Gasteiger partial charge on any atom is 0.335 e. The van der Waals surface area contributed by atoms with E-state index >= 15 is 0 Å². The van der Waals surface area contributed by atoms with Crippen molar-refractivity contribution in [2.24, 2.45) is 0 Å². The van der Waals surface area contributed by atoms with E-state index in [1.807, 2.05) is 25.1 Å². The van der Waals surface area contributed by atoms with Gasteiger partial charge in [0.1, 0.15) is 5.57 Å². The molecule has 178 valence electrons. The zero-order valence-electron chi connectivity index (χ0n) is 20.6. The summed E-state index contributed by atoms with van der Waals surface area (Å²) in [6.45, 7) is 11.9. The van der Waals surface area contributed by atoms with Crippen molar-refractivity contribution in [1.82, 2.24) is 5.32 Å². The molecule has 0 aliphatic carbocycles. The average molecular weight is 460 g/mol. The van der Waals surface area contributed by atoms with E-state index in [0.29, 0.717) is 18.0 Å². The molecule has 1 saturated heterocycles. The van der Waals surface area contributed by atoms with Crippen LogP contribution in [0.25, 0.3) is 6.08 Å². The quantitative estimate of drug-likeness (QED) is 0.479. The third-order valence-electron chi connectivity index (χ3n) is 6.88. The lowest BCUT2D eigenvalue weighted by Crippen LogP contribution is -2.54. The van der Waals surface area contributed by atoms with Crippen LogP contribution in [-0.2, 0) is 16.0 Å². The standard InChI is InChI=1S/C28H33N3O3/c1-6-14-30-24-13-12-19(15-21(24)18(3)17-28(30,4)5)16-22-25(32)29-27(34)31(26(22)33)23-11-9-8-10-20(23)7-2/h8-13,15-16,18H,6-7,14,17H2,1-5H3,(H,29,32,34)/b22-16-. The molecule has 34 heavy (non-hydrogen) atoms. The zero-order chi connectivity index (χ0) is 24.6. The van der Waals surface area contributed by atoms with Crippen LogP contribution in [0, 0.1) is 0 Å². The summed E-state index contributed by atoms with van der Waals surface area (Å²) in [7, 11) is 0. The SMILES string of the molecule is CCCN1c2ccc(/C=C3/C(=O)NC(=O)N(c4ccccc4CC)C3=O)cc2C(C)CC1(C)C. The normalized spacial score (nSPS) is 21.0. The monoisotopic (exact) mass is 459 g/mol. The molecule has 2 heterocycles. The molecule has 2 aliphatic heterocycles. The van der Waals surface area contributed by atoms with Gasteiger partial charge in [-0.25, -0.2) is 9.69 Å². The van der Waals surface area contributed by atoms with Crippen LogP contribution in [0.2, 0.25) is 0 Å². The molecule has 4 rings (SSSR count). The van der Waals surface area contributed by atoms with Crippen LogP contribution in [0.3, 0.4) is 0 Å². The molecule has 1 atom stereocenters. The van der Waals surface area contributed by atoms with Crippen molar-refractivity contribution in [3.05, 3.63) is 64.7 Å². The number of anilines is 2. The second-order valence-electron chi connectivity index (χ2n) is 9.83. The van der Waals surface area contributed by atoms with Crippen LogP contribution in [0.5, 0.6) is 0 Å². The highest BCUT2D eigenvalue weighted by Crippen LogP contribution is 2.44. The van der Waals surface area contributed by atoms with Gasteiger partial charge in [0.25, 0.3) is 11.8 Å². The van der Waals surface area contributed by atoms with Crippen LogP contribution in [0.4, 0.5) is 16.2 Å². The van der Waals surface area contributed by atoms with Gasteiger partial charge >= 0.3 is 6.03 Å². The molecule has 6 heteroatoms. The van der Waals surface area contributed by atoms with Crippen molar-refractivity contribution in [2.75, 3.05) is 16.3 Å². The first-order chi connectivity index (χ1) is 16.2. The lowest BCUT2D eigenvalue weighted by Gasteiger charge is -2.47. The van der Waals surface area contributed by atoms with E-state index in [1.54, 1.807) is 18.2 Å². The minimum Gasteiger partial charge on any atom is -0.366 e. The number of rotatable bonds is 5. The molecule has 2 aliphatic rings. The van der Waals surface area contributed by atoms with Gasteiger partial charge < -0.3 is 4.90 Å². The first kappa shape index (κ1) is 23.7. The van der Waals surface area contributed by atoms with Crippen LogP contribution in [0.15, 0.2) is 48.0 Å². The Bertz CT molecular complexity index is 1180. The van der Waals surface area contributed by atoms with Crippen molar-refractivity contribution < 1.29 is 14.4 Å². The number of nitrogens with zero attached hydrogens (tertiary/aromatic N) is 2. The number of carbonyl (C=O) groups is 3. The fraction of sp³-hybridized carbons (Fsp3) is 0.393. The lowest BCUT2D eigenvalue weighted by atomic mass is 9.79. The largest absolute Gasteiger partial charge is 0.366 e.